The molecule has 6 heteroatoms. The quantitative estimate of drug-likeness (QED) is 0.764. The van der Waals surface area contributed by atoms with Gasteiger partial charge in [-0.1, -0.05) is 0 Å². The zero-order valence-electron chi connectivity index (χ0n) is 13.3. The molecule has 2 saturated heterocycles. The first-order valence-electron chi connectivity index (χ1n) is 7.65. The van der Waals surface area contributed by atoms with Crippen LogP contribution in [0.25, 0.3) is 0 Å². The summed E-state index contributed by atoms with van der Waals surface area (Å²) in [7, 11) is 0. The third-order valence-corrected chi connectivity index (χ3v) is 4.63. The number of halogens is 1. The van der Waals surface area contributed by atoms with Crippen molar-refractivity contribution in [3.05, 3.63) is 22.9 Å². The Labute approximate surface area is 139 Å². The first kappa shape index (κ1) is 15.6. The van der Waals surface area contributed by atoms with Crippen LogP contribution in [-0.2, 0) is 4.74 Å². The average Bonchev–Trinajstić information content (AvgIpc) is 2.94. The van der Waals surface area contributed by atoms with E-state index in [-0.39, 0.29) is 6.09 Å². The van der Waals surface area contributed by atoms with E-state index in [4.69, 9.17) is 4.74 Å². The van der Waals surface area contributed by atoms with Gasteiger partial charge < -0.3 is 14.5 Å². The van der Waals surface area contributed by atoms with Crippen LogP contribution >= 0.6 is 15.9 Å². The van der Waals surface area contributed by atoms with Gasteiger partial charge in [0.1, 0.15) is 5.60 Å². The fraction of sp³-hybridized carbons (Fsp3) is 0.625. The fourth-order valence-electron chi connectivity index (χ4n) is 3.25. The van der Waals surface area contributed by atoms with Crippen molar-refractivity contribution >= 4 is 27.7 Å². The van der Waals surface area contributed by atoms with Gasteiger partial charge in [0.2, 0.25) is 0 Å². The lowest BCUT2D eigenvalue weighted by atomic mass is 10.0. The number of carbonyl (C=O) groups excluding carboxylic acids is 1. The minimum Gasteiger partial charge on any atom is -0.444 e. The molecule has 22 heavy (non-hydrogen) atoms. The Bertz CT molecular complexity index is 559. The molecule has 0 aromatic carbocycles. The molecule has 5 nitrogen and oxygen atoms in total. The maximum Gasteiger partial charge on any atom is 0.410 e. The van der Waals surface area contributed by atoms with Crippen LogP contribution in [-0.4, -0.2) is 47.8 Å². The van der Waals surface area contributed by atoms with Crippen molar-refractivity contribution < 1.29 is 9.53 Å². The normalized spacial score (nSPS) is 24.5. The maximum absolute atomic E-state index is 12.2. The molecule has 120 valence electrons. The molecule has 0 saturated carbocycles. The van der Waals surface area contributed by atoms with E-state index in [0.717, 1.165) is 36.3 Å². The first-order chi connectivity index (χ1) is 10.3. The molecule has 3 rings (SSSR count). The second-order valence-corrected chi connectivity index (χ2v) is 8.09. The molecule has 2 fully saturated rings. The Hall–Kier alpha value is -1.30. The molecule has 0 unspecified atom stereocenters. The number of amides is 1. The van der Waals surface area contributed by atoms with Gasteiger partial charge in [0, 0.05) is 48.7 Å². The Balaban J connectivity index is 1.60. The van der Waals surface area contributed by atoms with Gasteiger partial charge >= 0.3 is 6.09 Å². The minimum atomic E-state index is -0.428. The van der Waals surface area contributed by atoms with Gasteiger partial charge in [-0.2, -0.15) is 0 Å². The topological polar surface area (TPSA) is 45.7 Å². The third kappa shape index (κ3) is 3.37. The molecule has 2 aliphatic rings. The van der Waals surface area contributed by atoms with E-state index in [1.165, 1.54) is 0 Å². The number of aromatic nitrogens is 1. The average molecular weight is 368 g/mol. The van der Waals surface area contributed by atoms with Gasteiger partial charge in [-0.25, -0.2) is 4.79 Å². The highest BCUT2D eigenvalue weighted by molar-refractivity contribution is 9.10. The minimum absolute atomic E-state index is 0.183. The molecular formula is C16H22BrN3O2. The molecule has 0 bridgehead atoms. The van der Waals surface area contributed by atoms with E-state index >= 15 is 0 Å². The lowest BCUT2D eigenvalue weighted by molar-refractivity contribution is 0.0282. The molecule has 0 spiro atoms. The number of anilines is 1. The number of hydrogen-bond donors (Lipinski definition) is 0. The van der Waals surface area contributed by atoms with Crippen LogP contribution < -0.4 is 4.90 Å². The van der Waals surface area contributed by atoms with Crippen molar-refractivity contribution in [2.24, 2.45) is 11.8 Å². The van der Waals surface area contributed by atoms with Crippen LogP contribution in [0, 0.1) is 11.8 Å². The highest BCUT2D eigenvalue weighted by atomic mass is 79.9. The van der Waals surface area contributed by atoms with Gasteiger partial charge in [-0.15, -0.1) is 0 Å². The molecule has 0 N–H and O–H groups in total. The Morgan fingerprint density at radius 2 is 1.86 bits per heavy atom. The Morgan fingerprint density at radius 3 is 2.41 bits per heavy atom. The smallest absolute Gasteiger partial charge is 0.410 e. The highest BCUT2D eigenvalue weighted by Crippen LogP contribution is 2.34. The molecule has 1 aromatic rings. The van der Waals surface area contributed by atoms with E-state index in [2.05, 4.69) is 31.9 Å². The van der Waals surface area contributed by atoms with Crippen molar-refractivity contribution in [2.45, 2.75) is 26.4 Å². The molecule has 0 radical (unpaired) electrons. The number of hydrogen-bond acceptors (Lipinski definition) is 4. The lowest BCUT2D eigenvalue weighted by Gasteiger charge is -2.26. The first-order valence-corrected chi connectivity index (χ1v) is 8.44. The highest BCUT2D eigenvalue weighted by Gasteiger charge is 2.42. The number of rotatable bonds is 1. The summed E-state index contributed by atoms with van der Waals surface area (Å²) in [6.07, 6.45) is 3.51. The zero-order chi connectivity index (χ0) is 15.9. The molecule has 2 aliphatic heterocycles. The SMILES string of the molecule is CC(C)(C)OC(=O)N1C[C@@H]2CN(c3cncc(Br)c3)C[C@@H]2C1. The standard InChI is InChI=1S/C16H22BrN3O2/c1-16(2,3)22-15(21)20-9-11-7-19(8-12(11)10-20)14-4-13(17)5-18-6-14/h4-6,11-12H,7-10H2,1-3H3/t11-,12+. The maximum atomic E-state index is 12.2. The number of nitrogens with zero attached hydrogens (tertiary/aromatic N) is 3. The van der Waals surface area contributed by atoms with Crippen LogP contribution in [0.1, 0.15) is 20.8 Å². The number of fused-ring (bicyclic) bond motifs is 1. The van der Waals surface area contributed by atoms with Gasteiger partial charge in [0.25, 0.3) is 0 Å². The van der Waals surface area contributed by atoms with E-state index in [1.807, 2.05) is 31.9 Å². The summed E-state index contributed by atoms with van der Waals surface area (Å²) in [5.41, 5.74) is 0.718. The third-order valence-electron chi connectivity index (χ3n) is 4.19. The van der Waals surface area contributed by atoms with Crippen molar-refractivity contribution in [3.8, 4) is 0 Å². The fourth-order valence-corrected chi connectivity index (χ4v) is 3.61. The van der Waals surface area contributed by atoms with Crippen LogP contribution in [0.2, 0.25) is 0 Å². The molecule has 3 heterocycles. The monoisotopic (exact) mass is 367 g/mol. The molecule has 0 aliphatic carbocycles. The second kappa shape index (κ2) is 5.72. The van der Waals surface area contributed by atoms with Crippen molar-refractivity contribution in [1.82, 2.24) is 9.88 Å². The summed E-state index contributed by atoms with van der Waals surface area (Å²) in [6, 6.07) is 2.10. The van der Waals surface area contributed by atoms with Crippen molar-refractivity contribution in [3.63, 3.8) is 0 Å². The van der Waals surface area contributed by atoms with E-state index in [9.17, 15) is 4.79 Å². The number of pyridine rings is 1. The summed E-state index contributed by atoms with van der Waals surface area (Å²) < 4.78 is 6.47. The zero-order valence-corrected chi connectivity index (χ0v) is 14.8. The Morgan fingerprint density at radius 1 is 1.23 bits per heavy atom. The lowest BCUT2D eigenvalue weighted by Crippen LogP contribution is -2.37. The van der Waals surface area contributed by atoms with Crippen LogP contribution in [0.4, 0.5) is 10.5 Å². The van der Waals surface area contributed by atoms with Crippen molar-refractivity contribution in [2.75, 3.05) is 31.1 Å². The van der Waals surface area contributed by atoms with E-state index in [0.29, 0.717) is 11.8 Å². The second-order valence-electron chi connectivity index (χ2n) is 7.17. The molecule has 2 atom stereocenters. The predicted octanol–water partition coefficient (Wildman–Crippen LogP) is 3.15. The summed E-state index contributed by atoms with van der Waals surface area (Å²) in [5, 5.41) is 0. The summed E-state index contributed by atoms with van der Waals surface area (Å²) in [5.74, 6) is 1.04. The van der Waals surface area contributed by atoms with Gasteiger partial charge in [0.15, 0.2) is 0 Å². The van der Waals surface area contributed by atoms with Gasteiger partial charge in [-0.3, -0.25) is 4.98 Å². The van der Waals surface area contributed by atoms with Crippen molar-refractivity contribution in [1.29, 1.82) is 0 Å². The van der Waals surface area contributed by atoms with Crippen LogP contribution in [0.3, 0.4) is 0 Å². The molecule has 1 amide bonds. The van der Waals surface area contributed by atoms with E-state index in [1.54, 1.807) is 6.20 Å². The largest absolute Gasteiger partial charge is 0.444 e. The van der Waals surface area contributed by atoms with Gasteiger partial charge in [-0.05, 0) is 42.8 Å². The number of likely N-dealkylation sites (tertiary alicyclic amines) is 1. The van der Waals surface area contributed by atoms with E-state index < -0.39 is 5.60 Å². The summed E-state index contributed by atoms with van der Waals surface area (Å²) >= 11 is 3.47. The van der Waals surface area contributed by atoms with Gasteiger partial charge in [0.05, 0.1) is 11.9 Å². The number of ether oxygens (including phenoxy) is 1. The Kier molecular flexibility index (Phi) is 4.05. The molecule has 1 aromatic heterocycles. The summed E-state index contributed by atoms with van der Waals surface area (Å²) in [6.45, 7) is 9.25. The van der Waals surface area contributed by atoms with Crippen LogP contribution in [0.5, 0.6) is 0 Å². The van der Waals surface area contributed by atoms with Crippen LogP contribution in [0.15, 0.2) is 22.9 Å². The predicted molar refractivity (Wildman–Crippen MR) is 88.9 cm³/mol. The summed E-state index contributed by atoms with van der Waals surface area (Å²) in [4.78, 5) is 20.6. The molecular weight excluding hydrogens is 346 g/mol. The number of carbonyl (C=O) groups is 1.